The van der Waals surface area contributed by atoms with Crippen molar-refractivity contribution in [3.63, 3.8) is 0 Å². The Morgan fingerprint density at radius 2 is 1.05 bits per heavy atom. The molecule has 0 heterocycles. The molecule has 1 unspecified atom stereocenters. The van der Waals surface area contributed by atoms with Crippen LogP contribution in [-0.4, -0.2) is 22.2 Å². The van der Waals surface area contributed by atoms with Crippen molar-refractivity contribution in [2.75, 3.05) is 5.33 Å². The molecule has 6 nitrogen and oxygen atoms in total. The van der Waals surface area contributed by atoms with E-state index < -0.39 is 20.0 Å². The Morgan fingerprint density at radius 3 is 1.41 bits per heavy atom. The SMILES string of the molecule is C=Cc1ccc(C)cc1.Cc1ccc(C(CBr)NS(=O)(=O)c2ccc(C)cc2)cc1.Cc1ccc(S(N)(=O)=O)cc1. The number of nitrogens with two attached hydrogens (primary N) is 1. The zero-order valence-electron chi connectivity index (χ0n) is 23.7. The van der Waals surface area contributed by atoms with Gasteiger partial charge in [0.25, 0.3) is 0 Å². The number of sulfonamides is 2. The second kappa shape index (κ2) is 15.8. The van der Waals surface area contributed by atoms with Gasteiger partial charge in [0.1, 0.15) is 0 Å². The highest BCUT2D eigenvalue weighted by Gasteiger charge is 2.20. The Morgan fingerprint density at radius 1 is 0.683 bits per heavy atom. The van der Waals surface area contributed by atoms with E-state index in [0.29, 0.717) is 5.33 Å². The van der Waals surface area contributed by atoms with Gasteiger partial charge in [-0.2, -0.15) is 0 Å². The standard InChI is InChI=1S/C16H18BrNO2S.C9H10.C7H9NO2S/c1-12-3-7-14(8-4-12)16(11-17)18-21(19,20)15-9-5-13(2)6-10-15;1-3-9-6-4-8(2)5-7-9;1-6-2-4-7(5-3-6)11(8,9)10/h3-10,16,18H,11H2,1-2H3;3-7H,1H2,2H3;2-5H,1H3,(H2,8,9,10). The average molecular weight is 658 g/mol. The predicted molar refractivity (Wildman–Crippen MR) is 173 cm³/mol. The lowest BCUT2D eigenvalue weighted by atomic mass is 10.1. The first kappa shape index (κ1) is 34.1. The van der Waals surface area contributed by atoms with Crippen LogP contribution in [0.3, 0.4) is 0 Å². The maximum absolute atomic E-state index is 12.4. The normalized spacial score (nSPS) is 11.8. The Hall–Kier alpha value is -3.08. The van der Waals surface area contributed by atoms with Crippen molar-refractivity contribution in [3.8, 4) is 0 Å². The molecule has 4 aromatic carbocycles. The number of benzene rings is 4. The van der Waals surface area contributed by atoms with Gasteiger partial charge in [-0.3, -0.25) is 0 Å². The minimum atomic E-state index is -3.53. The summed E-state index contributed by atoms with van der Waals surface area (Å²) in [6.45, 7) is 11.6. The molecule has 3 N–H and O–H groups in total. The van der Waals surface area contributed by atoms with E-state index in [1.807, 2.05) is 51.1 Å². The van der Waals surface area contributed by atoms with Crippen LogP contribution in [0.5, 0.6) is 0 Å². The van der Waals surface area contributed by atoms with Gasteiger partial charge in [0.2, 0.25) is 20.0 Å². The lowest BCUT2D eigenvalue weighted by Crippen LogP contribution is -2.29. The first-order valence-electron chi connectivity index (χ1n) is 12.7. The van der Waals surface area contributed by atoms with Crippen LogP contribution in [-0.2, 0) is 20.0 Å². The van der Waals surface area contributed by atoms with E-state index in [0.717, 1.165) is 22.3 Å². The summed E-state index contributed by atoms with van der Waals surface area (Å²) < 4.78 is 49.0. The summed E-state index contributed by atoms with van der Waals surface area (Å²) in [5.74, 6) is 0. The van der Waals surface area contributed by atoms with Crippen molar-refractivity contribution in [1.82, 2.24) is 4.72 Å². The number of nitrogens with one attached hydrogen (secondary N) is 1. The number of alkyl halides is 1. The fourth-order valence-corrected chi connectivity index (χ4v) is 5.88. The molecule has 0 radical (unpaired) electrons. The largest absolute Gasteiger partial charge is 0.241 e. The minimum absolute atomic E-state index is 0.156. The molecule has 0 spiro atoms. The summed E-state index contributed by atoms with van der Waals surface area (Å²) in [4.78, 5) is 0.439. The van der Waals surface area contributed by atoms with Crippen molar-refractivity contribution in [3.05, 3.63) is 137 Å². The molecule has 0 amide bonds. The van der Waals surface area contributed by atoms with E-state index in [1.165, 1.54) is 23.3 Å². The highest BCUT2D eigenvalue weighted by atomic mass is 79.9. The average Bonchev–Trinajstić information content (AvgIpc) is 2.93. The van der Waals surface area contributed by atoms with Crippen LogP contribution in [0.1, 0.15) is 39.4 Å². The smallest absolute Gasteiger partial charge is 0.225 e. The minimum Gasteiger partial charge on any atom is -0.225 e. The van der Waals surface area contributed by atoms with Gasteiger partial charge in [-0.1, -0.05) is 124 Å². The third kappa shape index (κ3) is 11.7. The highest BCUT2D eigenvalue weighted by molar-refractivity contribution is 9.09. The number of rotatable bonds is 7. The molecule has 4 aromatic rings. The first-order valence-corrected chi connectivity index (χ1v) is 16.9. The van der Waals surface area contributed by atoms with Gasteiger partial charge in [-0.05, 0) is 63.1 Å². The Kier molecular flexibility index (Phi) is 13.1. The van der Waals surface area contributed by atoms with Crippen LogP contribution >= 0.6 is 15.9 Å². The van der Waals surface area contributed by atoms with Crippen molar-refractivity contribution in [2.24, 2.45) is 5.14 Å². The summed E-state index contributed by atoms with van der Waals surface area (Å²) in [6.07, 6.45) is 1.85. The number of primary sulfonamides is 1. The molecule has 0 aliphatic carbocycles. The molecule has 0 bridgehead atoms. The van der Waals surface area contributed by atoms with Gasteiger partial charge >= 0.3 is 0 Å². The molecular formula is C32H37BrN2O4S2. The molecule has 0 aliphatic rings. The zero-order valence-corrected chi connectivity index (χ0v) is 26.9. The molecule has 218 valence electrons. The number of aryl methyl sites for hydroxylation is 4. The van der Waals surface area contributed by atoms with Gasteiger partial charge in [0.05, 0.1) is 15.8 Å². The summed E-state index contributed by atoms with van der Waals surface area (Å²) in [5, 5.41) is 5.39. The summed E-state index contributed by atoms with van der Waals surface area (Å²) in [7, 11) is -7.05. The van der Waals surface area contributed by atoms with Crippen LogP contribution in [0.25, 0.3) is 6.08 Å². The molecular weight excluding hydrogens is 620 g/mol. The van der Waals surface area contributed by atoms with Gasteiger partial charge in [-0.15, -0.1) is 0 Å². The molecule has 0 aliphatic heterocycles. The van der Waals surface area contributed by atoms with E-state index in [2.05, 4.69) is 58.4 Å². The molecule has 41 heavy (non-hydrogen) atoms. The maximum atomic E-state index is 12.4. The van der Waals surface area contributed by atoms with Crippen LogP contribution in [0, 0.1) is 27.7 Å². The molecule has 9 heteroatoms. The molecule has 4 rings (SSSR count). The topological polar surface area (TPSA) is 106 Å². The second-order valence-electron chi connectivity index (χ2n) is 9.52. The molecule has 0 fully saturated rings. The van der Waals surface area contributed by atoms with Crippen molar-refractivity contribution < 1.29 is 16.8 Å². The lowest BCUT2D eigenvalue weighted by Gasteiger charge is -2.17. The zero-order chi connectivity index (χ0) is 30.6. The summed E-state index contributed by atoms with van der Waals surface area (Å²) in [6, 6.07) is 29.1. The van der Waals surface area contributed by atoms with E-state index in [-0.39, 0.29) is 15.8 Å². The Balaban J connectivity index is 0.000000245. The summed E-state index contributed by atoms with van der Waals surface area (Å²) >= 11 is 3.38. The van der Waals surface area contributed by atoms with Gasteiger partial charge in [-0.25, -0.2) is 26.7 Å². The van der Waals surface area contributed by atoms with Crippen LogP contribution < -0.4 is 9.86 Å². The quantitative estimate of drug-likeness (QED) is 0.209. The fourth-order valence-electron chi connectivity index (χ4n) is 3.39. The molecule has 0 saturated heterocycles. The Bertz CT molecular complexity index is 1600. The second-order valence-corrected chi connectivity index (χ2v) is 13.4. The van der Waals surface area contributed by atoms with E-state index >= 15 is 0 Å². The van der Waals surface area contributed by atoms with Gasteiger partial charge in [0, 0.05) is 5.33 Å². The van der Waals surface area contributed by atoms with Crippen molar-refractivity contribution >= 4 is 42.1 Å². The van der Waals surface area contributed by atoms with Crippen LogP contribution in [0.15, 0.2) is 113 Å². The lowest BCUT2D eigenvalue weighted by molar-refractivity contribution is 0.568. The monoisotopic (exact) mass is 656 g/mol. The highest BCUT2D eigenvalue weighted by Crippen LogP contribution is 2.20. The molecule has 0 saturated carbocycles. The van der Waals surface area contributed by atoms with Crippen LogP contribution in [0.2, 0.25) is 0 Å². The van der Waals surface area contributed by atoms with Crippen LogP contribution in [0.4, 0.5) is 0 Å². The fraction of sp³-hybridized carbons (Fsp3) is 0.188. The van der Waals surface area contributed by atoms with Gasteiger partial charge in [0.15, 0.2) is 0 Å². The number of hydrogen-bond donors (Lipinski definition) is 2. The van der Waals surface area contributed by atoms with Crippen molar-refractivity contribution in [2.45, 2.75) is 43.5 Å². The predicted octanol–water partition coefficient (Wildman–Crippen LogP) is 7.00. The van der Waals surface area contributed by atoms with Crippen molar-refractivity contribution in [1.29, 1.82) is 0 Å². The maximum Gasteiger partial charge on any atom is 0.241 e. The third-order valence-electron chi connectivity index (χ3n) is 5.93. The number of hydrogen-bond acceptors (Lipinski definition) is 4. The third-order valence-corrected chi connectivity index (χ3v) is 8.99. The van der Waals surface area contributed by atoms with E-state index in [4.69, 9.17) is 5.14 Å². The summed E-state index contributed by atoms with van der Waals surface area (Å²) in [5.41, 5.74) is 6.60. The molecule has 1 atom stereocenters. The van der Waals surface area contributed by atoms with E-state index in [9.17, 15) is 16.8 Å². The van der Waals surface area contributed by atoms with E-state index in [1.54, 1.807) is 36.4 Å². The Labute approximate surface area is 253 Å². The van der Waals surface area contributed by atoms with Gasteiger partial charge < -0.3 is 0 Å². The molecule has 0 aromatic heterocycles. The first-order chi connectivity index (χ1) is 19.2. The number of halogens is 1.